The zero-order valence-corrected chi connectivity index (χ0v) is 12.3. The molecule has 5 nitrogen and oxygen atoms in total. The van der Waals surface area contributed by atoms with Crippen LogP contribution in [0, 0.1) is 13.8 Å². The molecule has 2 aromatic heterocycles. The zero-order chi connectivity index (χ0) is 14.4. The summed E-state index contributed by atoms with van der Waals surface area (Å²) in [4.78, 5) is 4.66. The molecule has 104 valence electrons. The Morgan fingerprint density at radius 1 is 0.950 bits per heavy atom. The quantitative estimate of drug-likeness (QED) is 0.719. The van der Waals surface area contributed by atoms with E-state index in [1.807, 2.05) is 37.7 Å². The van der Waals surface area contributed by atoms with Crippen molar-refractivity contribution in [1.29, 1.82) is 0 Å². The van der Waals surface area contributed by atoms with Crippen molar-refractivity contribution in [3.63, 3.8) is 0 Å². The lowest BCUT2D eigenvalue weighted by Gasteiger charge is -2.11. The fourth-order valence-corrected chi connectivity index (χ4v) is 2.69. The fraction of sp³-hybridized carbons (Fsp3) is 0.333. The summed E-state index contributed by atoms with van der Waals surface area (Å²) in [6.07, 6.45) is 0. The molecule has 0 saturated carbocycles. The van der Waals surface area contributed by atoms with E-state index in [1.54, 1.807) is 14.2 Å². The molecule has 0 fully saturated rings. The number of rotatable bonds is 2. The number of hydrogen-bond donors (Lipinski definition) is 0. The third-order valence-electron chi connectivity index (χ3n) is 3.65. The highest BCUT2D eigenvalue weighted by Crippen LogP contribution is 2.37. The molecule has 0 spiro atoms. The molecule has 1 aromatic carbocycles. The topological polar surface area (TPSA) is 49.2 Å². The number of methoxy groups -OCH3 is 2. The molecule has 5 heteroatoms. The summed E-state index contributed by atoms with van der Waals surface area (Å²) < 4.78 is 12.6. The van der Waals surface area contributed by atoms with E-state index in [0.717, 1.165) is 38.9 Å². The summed E-state index contributed by atoms with van der Waals surface area (Å²) in [6.45, 7) is 3.99. The second kappa shape index (κ2) is 4.37. The summed E-state index contributed by atoms with van der Waals surface area (Å²) in [6, 6.07) is 3.97. The van der Waals surface area contributed by atoms with Gasteiger partial charge in [0.2, 0.25) is 0 Å². The highest BCUT2D eigenvalue weighted by Gasteiger charge is 2.15. The van der Waals surface area contributed by atoms with Crippen molar-refractivity contribution >= 4 is 21.8 Å². The largest absolute Gasteiger partial charge is 0.493 e. The molecule has 0 amide bonds. The van der Waals surface area contributed by atoms with Crippen LogP contribution in [0.25, 0.3) is 21.8 Å². The fourth-order valence-electron chi connectivity index (χ4n) is 2.69. The van der Waals surface area contributed by atoms with Gasteiger partial charge in [0.05, 0.1) is 19.9 Å². The summed E-state index contributed by atoms with van der Waals surface area (Å²) in [5, 5.41) is 7.68. The van der Waals surface area contributed by atoms with Crippen LogP contribution in [0.4, 0.5) is 0 Å². The Morgan fingerprint density at radius 2 is 1.55 bits per heavy atom. The average Bonchev–Trinajstić information content (AvgIpc) is 2.72. The Bertz CT molecular complexity index is 821. The molecule has 0 bridgehead atoms. The molecule has 0 N–H and O–H groups in total. The molecule has 0 unspecified atom stereocenters. The molecule has 2 heterocycles. The maximum atomic E-state index is 5.41. The van der Waals surface area contributed by atoms with Crippen molar-refractivity contribution in [2.24, 2.45) is 7.05 Å². The number of pyridine rings is 1. The van der Waals surface area contributed by atoms with Gasteiger partial charge in [-0.2, -0.15) is 5.10 Å². The van der Waals surface area contributed by atoms with Gasteiger partial charge >= 0.3 is 0 Å². The average molecular weight is 271 g/mol. The van der Waals surface area contributed by atoms with Gasteiger partial charge in [0, 0.05) is 28.9 Å². The second-order valence-electron chi connectivity index (χ2n) is 4.86. The first kappa shape index (κ1) is 12.7. The SMILES string of the molecule is COc1cc2c(C)nc3c(c(C)nn3C)c2cc1OC. The first-order chi connectivity index (χ1) is 9.56. The van der Waals surface area contributed by atoms with Crippen molar-refractivity contribution in [3.8, 4) is 11.5 Å². The summed E-state index contributed by atoms with van der Waals surface area (Å²) in [5.41, 5.74) is 2.81. The first-order valence-corrected chi connectivity index (χ1v) is 6.42. The van der Waals surface area contributed by atoms with E-state index < -0.39 is 0 Å². The van der Waals surface area contributed by atoms with Crippen molar-refractivity contribution in [1.82, 2.24) is 14.8 Å². The number of hydrogen-bond acceptors (Lipinski definition) is 4. The Labute approximate surface area is 117 Å². The lowest BCUT2D eigenvalue weighted by Crippen LogP contribution is -1.96. The molecule has 0 aliphatic rings. The maximum absolute atomic E-state index is 5.41. The van der Waals surface area contributed by atoms with Crippen molar-refractivity contribution in [2.75, 3.05) is 14.2 Å². The van der Waals surface area contributed by atoms with E-state index in [1.165, 1.54) is 0 Å². The van der Waals surface area contributed by atoms with Crippen molar-refractivity contribution in [2.45, 2.75) is 13.8 Å². The minimum absolute atomic E-state index is 0.714. The Morgan fingerprint density at radius 3 is 2.15 bits per heavy atom. The van der Waals surface area contributed by atoms with E-state index in [4.69, 9.17) is 9.47 Å². The van der Waals surface area contributed by atoms with Gasteiger partial charge in [-0.1, -0.05) is 0 Å². The van der Waals surface area contributed by atoms with Crippen LogP contribution in [-0.4, -0.2) is 29.0 Å². The van der Waals surface area contributed by atoms with E-state index >= 15 is 0 Å². The van der Waals surface area contributed by atoms with Gasteiger partial charge in [-0.15, -0.1) is 0 Å². The highest BCUT2D eigenvalue weighted by molar-refractivity contribution is 6.08. The van der Waals surface area contributed by atoms with Crippen LogP contribution in [0.5, 0.6) is 11.5 Å². The van der Waals surface area contributed by atoms with Crippen LogP contribution < -0.4 is 9.47 Å². The van der Waals surface area contributed by atoms with Crippen molar-refractivity contribution in [3.05, 3.63) is 23.5 Å². The Balaban J connectivity index is 2.54. The number of fused-ring (bicyclic) bond motifs is 3. The van der Waals surface area contributed by atoms with E-state index in [0.29, 0.717) is 5.75 Å². The van der Waals surface area contributed by atoms with Gasteiger partial charge in [-0.25, -0.2) is 4.98 Å². The smallest absolute Gasteiger partial charge is 0.161 e. The standard InChI is InChI=1S/C15H17N3O2/c1-8-10-6-12(19-4)13(20-5)7-11(10)14-9(2)17-18(3)15(14)16-8/h6-7H,1-5H3. The molecular weight excluding hydrogens is 254 g/mol. The minimum Gasteiger partial charge on any atom is -0.493 e. The molecule has 0 aliphatic heterocycles. The van der Waals surface area contributed by atoms with E-state index in [2.05, 4.69) is 10.1 Å². The summed E-state index contributed by atoms with van der Waals surface area (Å²) >= 11 is 0. The molecule has 3 rings (SSSR count). The van der Waals surface area contributed by atoms with Gasteiger partial charge in [0.25, 0.3) is 0 Å². The minimum atomic E-state index is 0.714. The van der Waals surface area contributed by atoms with Crippen molar-refractivity contribution < 1.29 is 9.47 Å². The number of nitrogens with zero attached hydrogens (tertiary/aromatic N) is 3. The molecular formula is C15H17N3O2. The second-order valence-corrected chi connectivity index (χ2v) is 4.86. The molecule has 3 aromatic rings. The molecule has 0 radical (unpaired) electrons. The lowest BCUT2D eigenvalue weighted by molar-refractivity contribution is 0.356. The molecule has 0 atom stereocenters. The molecule has 0 saturated heterocycles. The monoisotopic (exact) mass is 271 g/mol. The van der Waals surface area contributed by atoms with Crippen LogP contribution in [-0.2, 0) is 7.05 Å². The number of aromatic nitrogens is 3. The third kappa shape index (κ3) is 1.62. The van der Waals surface area contributed by atoms with Gasteiger partial charge < -0.3 is 9.47 Å². The normalized spacial score (nSPS) is 11.2. The van der Waals surface area contributed by atoms with Crippen LogP contribution in [0.3, 0.4) is 0 Å². The Hall–Kier alpha value is -2.30. The summed E-state index contributed by atoms with van der Waals surface area (Å²) in [5.74, 6) is 1.43. The number of ether oxygens (including phenoxy) is 2. The summed E-state index contributed by atoms with van der Waals surface area (Å²) in [7, 11) is 5.19. The van der Waals surface area contributed by atoms with Gasteiger partial charge in [0.15, 0.2) is 17.1 Å². The molecule has 20 heavy (non-hydrogen) atoms. The Kier molecular flexibility index (Phi) is 2.78. The zero-order valence-electron chi connectivity index (χ0n) is 12.3. The lowest BCUT2D eigenvalue weighted by atomic mass is 10.0. The number of aryl methyl sites for hydroxylation is 3. The third-order valence-corrected chi connectivity index (χ3v) is 3.65. The van der Waals surface area contributed by atoms with Crippen LogP contribution in [0.1, 0.15) is 11.4 Å². The number of benzene rings is 1. The molecule has 0 aliphatic carbocycles. The van der Waals surface area contributed by atoms with Crippen LogP contribution in [0.15, 0.2) is 12.1 Å². The van der Waals surface area contributed by atoms with Crippen LogP contribution in [0.2, 0.25) is 0 Å². The van der Waals surface area contributed by atoms with E-state index in [-0.39, 0.29) is 0 Å². The maximum Gasteiger partial charge on any atom is 0.161 e. The van der Waals surface area contributed by atoms with Gasteiger partial charge in [-0.05, 0) is 26.0 Å². The van der Waals surface area contributed by atoms with E-state index in [9.17, 15) is 0 Å². The first-order valence-electron chi connectivity index (χ1n) is 6.42. The van der Waals surface area contributed by atoms with Gasteiger partial charge in [0.1, 0.15) is 0 Å². The predicted octanol–water partition coefficient (Wildman–Crippen LogP) is 2.76. The van der Waals surface area contributed by atoms with Crippen LogP contribution >= 0.6 is 0 Å². The van der Waals surface area contributed by atoms with Gasteiger partial charge in [-0.3, -0.25) is 4.68 Å². The highest BCUT2D eigenvalue weighted by atomic mass is 16.5. The predicted molar refractivity (Wildman–Crippen MR) is 78.6 cm³/mol.